The maximum absolute atomic E-state index is 10.9. The van der Waals surface area contributed by atoms with Crippen LogP contribution in [0.4, 0.5) is 0 Å². The van der Waals surface area contributed by atoms with Gasteiger partial charge in [0.1, 0.15) is 0 Å². The van der Waals surface area contributed by atoms with Crippen molar-refractivity contribution in [1.29, 1.82) is 0 Å². The van der Waals surface area contributed by atoms with Gasteiger partial charge in [0.15, 0.2) is 0 Å². The Morgan fingerprint density at radius 3 is 2.62 bits per heavy atom. The second-order valence-electron chi connectivity index (χ2n) is 2.47. The van der Waals surface area contributed by atoms with E-state index in [0.717, 1.165) is 12.2 Å². The molecule has 2 rings (SSSR count). The molecule has 1 aliphatic heterocycles. The van der Waals surface area contributed by atoms with Gasteiger partial charge in [-0.3, -0.25) is 4.21 Å². The molecule has 1 fully saturated rings. The van der Waals surface area contributed by atoms with E-state index in [9.17, 15) is 4.21 Å². The highest BCUT2D eigenvalue weighted by Crippen LogP contribution is 2.30. The molecule has 1 saturated heterocycles. The zero-order valence-electron chi connectivity index (χ0n) is 4.54. The van der Waals surface area contributed by atoms with Gasteiger partial charge in [-0.15, -0.1) is 0 Å². The normalized spacial score (nSPS) is 50.8. The lowest BCUT2D eigenvalue weighted by Crippen LogP contribution is -2.05. The van der Waals surface area contributed by atoms with Crippen molar-refractivity contribution in [2.24, 2.45) is 5.92 Å². The molecular formula is C6H8OS. The van der Waals surface area contributed by atoms with Gasteiger partial charge < -0.3 is 0 Å². The fraction of sp³-hybridized carbons (Fsp3) is 0.667. The van der Waals surface area contributed by atoms with Gasteiger partial charge in [-0.25, -0.2) is 0 Å². The van der Waals surface area contributed by atoms with Crippen molar-refractivity contribution in [3.63, 3.8) is 0 Å². The van der Waals surface area contributed by atoms with Crippen molar-refractivity contribution in [2.75, 3.05) is 5.75 Å². The van der Waals surface area contributed by atoms with Crippen LogP contribution in [0.25, 0.3) is 0 Å². The summed E-state index contributed by atoms with van der Waals surface area (Å²) < 4.78 is 10.9. The molecule has 1 aliphatic carbocycles. The van der Waals surface area contributed by atoms with Crippen LogP contribution in [0.1, 0.15) is 6.42 Å². The van der Waals surface area contributed by atoms with Crippen molar-refractivity contribution in [2.45, 2.75) is 11.7 Å². The van der Waals surface area contributed by atoms with Crippen LogP contribution >= 0.6 is 0 Å². The monoisotopic (exact) mass is 128 g/mol. The van der Waals surface area contributed by atoms with Crippen molar-refractivity contribution in [1.82, 2.24) is 0 Å². The molecule has 0 amide bonds. The molecule has 1 nitrogen and oxygen atoms in total. The lowest BCUT2D eigenvalue weighted by atomic mass is 10.2. The first-order valence-corrected chi connectivity index (χ1v) is 4.30. The van der Waals surface area contributed by atoms with Crippen LogP contribution < -0.4 is 0 Å². The van der Waals surface area contributed by atoms with Crippen molar-refractivity contribution >= 4 is 10.8 Å². The number of fused-ring (bicyclic) bond motifs is 2. The van der Waals surface area contributed by atoms with Gasteiger partial charge in [-0.2, -0.15) is 0 Å². The van der Waals surface area contributed by atoms with Crippen molar-refractivity contribution < 1.29 is 4.21 Å². The molecule has 1 heterocycles. The molecule has 0 saturated carbocycles. The Hall–Kier alpha value is -0.110. The van der Waals surface area contributed by atoms with Gasteiger partial charge in [-0.1, -0.05) is 12.2 Å². The molecule has 2 aliphatic rings. The van der Waals surface area contributed by atoms with E-state index >= 15 is 0 Å². The average Bonchev–Trinajstić information content (AvgIpc) is 2.23. The van der Waals surface area contributed by atoms with E-state index in [2.05, 4.69) is 12.2 Å². The molecule has 0 aromatic rings. The summed E-state index contributed by atoms with van der Waals surface area (Å²) in [6.07, 6.45) is 5.46. The van der Waals surface area contributed by atoms with E-state index in [-0.39, 0.29) is 0 Å². The minimum absolute atomic E-state index is 0.431. The average molecular weight is 128 g/mol. The minimum Gasteiger partial charge on any atom is -0.259 e. The second-order valence-corrected chi connectivity index (χ2v) is 4.17. The summed E-state index contributed by atoms with van der Waals surface area (Å²) in [6, 6.07) is 0. The fourth-order valence-electron chi connectivity index (χ4n) is 1.39. The van der Waals surface area contributed by atoms with E-state index in [1.54, 1.807) is 0 Å². The molecule has 0 radical (unpaired) electrons. The summed E-state index contributed by atoms with van der Waals surface area (Å²) in [5.41, 5.74) is 0. The smallest absolute Gasteiger partial charge is 0.0533 e. The molecule has 0 aromatic carbocycles. The SMILES string of the molecule is O=S1C[C@H]2C=C[C@@H]1C2. The lowest BCUT2D eigenvalue weighted by molar-refractivity contribution is 0.683. The first-order valence-electron chi connectivity index (χ1n) is 2.92. The third-order valence-corrected chi connectivity index (χ3v) is 3.63. The highest BCUT2D eigenvalue weighted by molar-refractivity contribution is 7.86. The number of hydrogen-bond acceptors (Lipinski definition) is 1. The van der Waals surface area contributed by atoms with Crippen LogP contribution in [0.2, 0.25) is 0 Å². The number of allylic oxidation sites excluding steroid dienone is 1. The van der Waals surface area contributed by atoms with Crippen molar-refractivity contribution in [3.8, 4) is 0 Å². The molecule has 8 heavy (non-hydrogen) atoms. The molecule has 2 heteroatoms. The highest BCUT2D eigenvalue weighted by Gasteiger charge is 2.32. The topological polar surface area (TPSA) is 17.1 Å². The van der Waals surface area contributed by atoms with E-state index in [4.69, 9.17) is 0 Å². The van der Waals surface area contributed by atoms with Crippen LogP contribution in [0, 0.1) is 5.92 Å². The summed E-state index contributed by atoms with van der Waals surface area (Å²) in [6.45, 7) is 0. The molecule has 0 aromatic heterocycles. The van der Waals surface area contributed by atoms with Gasteiger partial charge in [0.2, 0.25) is 0 Å². The summed E-state index contributed by atoms with van der Waals surface area (Å²) in [5.74, 6) is 1.60. The Balaban J connectivity index is 2.35. The van der Waals surface area contributed by atoms with Crippen LogP contribution in [-0.2, 0) is 10.8 Å². The predicted molar refractivity (Wildman–Crippen MR) is 34.0 cm³/mol. The zero-order valence-corrected chi connectivity index (χ0v) is 5.36. The second kappa shape index (κ2) is 1.44. The van der Waals surface area contributed by atoms with E-state index in [0.29, 0.717) is 11.2 Å². The van der Waals surface area contributed by atoms with E-state index in [1.165, 1.54) is 0 Å². The molecule has 0 N–H and O–H groups in total. The van der Waals surface area contributed by atoms with Gasteiger partial charge in [-0.05, 0) is 12.3 Å². The molecule has 0 spiro atoms. The van der Waals surface area contributed by atoms with Crippen LogP contribution in [0.3, 0.4) is 0 Å². The first kappa shape index (κ1) is 4.74. The zero-order chi connectivity index (χ0) is 5.56. The van der Waals surface area contributed by atoms with Gasteiger partial charge in [0.25, 0.3) is 0 Å². The van der Waals surface area contributed by atoms with Crippen LogP contribution in [-0.4, -0.2) is 15.2 Å². The fourth-order valence-corrected chi connectivity index (χ4v) is 3.03. The van der Waals surface area contributed by atoms with Gasteiger partial charge in [0.05, 0.1) is 5.25 Å². The maximum atomic E-state index is 10.9. The van der Waals surface area contributed by atoms with E-state index in [1.807, 2.05) is 0 Å². The van der Waals surface area contributed by atoms with Crippen molar-refractivity contribution in [3.05, 3.63) is 12.2 Å². The largest absolute Gasteiger partial charge is 0.259 e. The molecular weight excluding hydrogens is 120 g/mol. The Bertz CT molecular complexity index is 162. The predicted octanol–water partition coefficient (Wildman–Crippen LogP) is 0.693. The first-order chi connectivity index (χ1) is 3.86. The van der Waals surface area contributed by atoms with Gasteiger partial charge in [0, 0.05) is 16.6 Å². The van der Waals surface area contributed by atoms with Crippen LogP contribution in [0.5, 0.6) is 0 Å². The quantitative estimate of drug-likeness (QED) is 0.439. The summed E-state index contributed by atoms with van der Waals surface area (Å²) in [7, 11) is -0.498. The highest BCUT2D eigenvalue weighted by atomic mass is 32.2. The maximum Gasteiger partial charge on any atom is 0.0533 e. The minimum atomic E-state index is -0.498. The van der Waals surface area contributed by atoms with Crippen LogP contribution in [0.15, 0.2) is 12.2 Å². The molecule has 1 unspecified atom stereocenters. The molecule has 3 atom stereocenters. The Morgan fingerprint density at radius 2 is 2.38 bits per heavy atom. The Morgan fingerprint density at radius 1 is 1.50 bits per heavy atom. The Kier molecular flexibility index (Phi) is 0.852. The summed E-state index contributed by atoms with van der Waals surface area (Å²) in [4.78, 5) is 0. The lowest BCUT2D eigenvalue weighted by Gasteiger charge is -1.98. The number of rotatable bonds is 0. The summed E-state index contributed by atoms with van der Waals surface area (Å²) >= 11 is 0. The molecule has 2 bridgehead atoms. The Labute approximate surface area is 51.2 Å². The molecule has 44 valence electrons. The standard InChI is InChI=1S/C6H8OS/c7-8-4-5-1-2-6(8)3-5/h1-2,5-6H,3-4H2/t5-,6+,8?/m0/s1. The third kappa shape index (κ3) is 0.494. The van der Waals surface area contributed by atoms with Gasteiger partial charge >= 0.3 is 0 Å². The summed E-state index contributed by atoms with van der Waals surface area (Å²) in [5, 5.41) is 0.431. The van der Waals surface area contributed by atoms with E-state index < -0.39 is 10.8 Å². The number of hydrogen-bond donors (Lipinski definition) is 0. The third-order valence-electron chi connectivity index (χ3n) is 1.85.